The molecular formula is C23H39N3O4. The molecule has 30 heavy (non-hydrogen) atoms. The lowest BCUT2D eigenvalue weighted by Crippen LogP contribution is -2.38. The van der Waals surface area contributed by atoms with E-state index < -0.39 is 0 Å². The summed E-state index contributed by atoms with van der Waals surface area (Å²) >= 11 is 0. The van der Waals surface area contributed by atoms with E-state index in [1.54, 1.807) is 14.2 Å². The molecule has 1 fully saturated rings. The van der Waals surface area contributed by atoms with Crippen molar-refractivity contribution < 1.29 is 18.9 Å². The van der Waals surface area contributed by atoms with E-state index in [0.29, 0.717) is 12.5 Å². The fourth-order valence-electron chi connectivity index (χ4n) is 3.41. The number of hydrogen-bond acceptors (Lipinski definition) is 5. The predicted molar refractivity (Wildman–Crippen MR) is 121 cm³/mol. The molecule has 1 aromatic carbocycles. The Labute approximate surface area is 181 Å². The van der Waals surface area contributed by atoms with Crippen molar-refractivity contribution in [2.24, 2.45) is 10.9 Å². The van der Waals surface area contributed by atoms with Gasteiger partial charge in [-0.2, -0.15) is 0 Å². The van der Waals surface area contributed by atoms with Crippen LogP contribution in [-0.2, 0) is 15.9 Å². The summed E-state index contributed by atoms with van der Waals surface area (Å²) in [6.07, 6.45) is 5.19. The van der Waals surface area contributed by atoms with Crippen LogP contribution in [0, 0.1) is 5.92 Å². The molecule has 0 spiro atoms. The molecule has 0 amide bonds. The second-order valence-electron chi connectivity index (χ2n) is 7.43. The fraction of sp³-hybridized carbons (Fsp3) is 0.696. The molecule has 2 N–H and O–H groups in total. The number of aryl methyl sites for hydroxylation is 1. The van der Waals surface area contributed by atoms with E-state index in [1.807, 2.05) is 13.0 Å². The van der Waals surface area contributed by atoms with E-state index in [-0.39, 0.29) is 0 Å². The SMILES string of the molecule is CCOc1cc(CCCNC(=NC)NCCCOCC2CCOCC2)ccc1OC. The van der Waals surface area contributed by atoms with Crippen molar-refractivity contribution in [3.05, 3.63) is 23.8 Å². The minimum atomic E-state index is 0.629. The zero-order valence-corrected chi connectivity index (χ0v) is 18.9. The molecule has 1 aliphatic rings. The highest BCUT2D eigenvalue weighted by Crippen LogP contribution is 2.28. The molecule has 7 heteroatoms. The van der Waals surface area contributed by atoms with E-state index >= 15 is 0 Å². The normalized spacial score (nSPS) is 15.1. The molecule has 1 heterocycles. The summed E-state index contributed by atoms with van der Waals surface area (Å²) in [6, 6.07) is 6.13. The summed E-state index contributed by atoms with van der Waals surface area (Å²) in [4.78, 5) is 4.29. The lowest BCUT2D eigenvalue weighted by atomic mass is 10.0. The van der Waals surface area contributed by atoms with Crippen LogP contribution in [0.15, 0.2) is 23.2 Å². The van der Waals surface area contributed by atoms with Gasteiger partial charge in [0.15, 0.2) is 17.5 Å². The highest BCUT2D eigenvalue weighted by atomic mass is 16.5. The first-order valence-electron chi connectivity index (χ1n) is 11.2. The van der Waals surface area contributed by atoms with Crippen molar-refractivity contribution >= 4 is 5.96 Å². The summed E-state index contributed by atoms with van der Waals surface area (Å²) in [5.41, 5.74) is 1.24. The van der Waals surface area contributed by atoms with Crippen LogP contribution in [0.4, 0.5) is 0 Å². The Morgan fingerprint density at radius 1 is 1.13 bits per heavy atom. The number of hydrogen-bond donors (Lipinski definition) is 2. The molecule has 7 nitrogen and oxygen atoms in total. The quantitative estimate of drug-likeness (QED) is 0.290. The van der Waals surface area contributed by atoms with Crippen molar-refractivity contribution in [2.45, 2.75) is 39.0 Å². The first-order chi connectivity index (χ1) is 14.8. The maximum Gasteiger partial charge on any atom is 0.190 e. The lowest BCUT2D eigenvalue weighted by molar-refractivity contribution is 0.0203. The van der Waals surface area contributed by atoms with Gasteiger partial charge < -0.3 is 29.6 Å². The Hall–Kier alpha value is -1.99. The molecule has 0 aromatic heterocycles. The zero-order valence-electron chi connectivity index (χ0n) is 18.9. The molecule has 2 rings (SSSR count). The number of nitrogens with one attached hydrogen (secondary N) is 2. The van der Waals surface area contributed by atoms with Gasteiger partial charge in [-0.1, -0.05) is 6.07 Å². The molecule has 0 atom stereocenters. The van der Waals surface area contributed by atoms with Gasteiger partial charge in [-0.15, -0.1) is 0 Å². The number of methoxy groups -OCH3 is 1. The third-order valence-electron chi connectivity index (χ3n) is 5.14. The molecule has 0 unspecified atom stereocenters. The molecule has 0 radical (unpaired) electrons. The summed E-state index contributed by atoms with van der Waals surface area (Å²) in [7, 11) is 3.47. The van der Waals surface area contributed by atoms with E-state index in [9.17, 15) is 0 Å². The fourth-order valence-corrected chi connectivity index (χ4v) is 3.41. The van der Waals surface area contributed by atoms with Gasteiger partial charge in [0.25, 0.3) is 0 Å². The standard InChI is InChI=1S/C23H39N3O4/c1-4-30-22-17-19(8-9-21(22)27-3)7-5-12-25-23(24-2)26-13-6-14-29-18-20-10-15-28-16-11-20/h8-9,17,20H,4-7,10-16,18H2,1-3H3,(H2,24,25,26). The van der Waals surface area contributed by atoms with E-state index in [0.717, 1.165) is 89.1 Å². The Morgan fingerprint density at radius 2 is 1.90 bits per heavy atom. The molecule has 170 valence electrons. The molecule has 0 bridgehead atoms. The van der Waals surface area contributed by atoms with Gasteiger partial charge >= 0.3 is 0 Å². The van der Waals surface area contributed by atoms with Crippen molar-refractivity contribution in [1.82, 2.24) is 10.6 Å². The van der Waals surface area contributed by atoms with Crippen LogP contribution in [0.3, 0.4) is 0 Å². The Balaban J connectivity index is 1.55. The second kappa shape index (κ2) is 14.9. The summed E-state index contributed by atoms with van der Waals surface area (Å²) < 4.78 is 22.2. The van der Waals surface area contributed by atoms with Gasteiger partial charge in [-0.25, -0.2) is 0 Å². The van der Waals surface area contributed by atoms with E-state index in [1.165, 1.54) is 5.56 Å². The molecule has 0 saturated carbocycles. The van der Waals surface area contributed by atoms with Gasteiger partial charge in [0.05, 0.1) is 13.7 Å². The molecule has 1 aromatic rings. The number of rotatable bonds is 13. The highest BCUT2D eigenvalue weighted by Gasteiger charge is 2.13. The average molecular weight is 422 g/mol. The Kier molecular flexibility index (Phi) is 12.1. The average Bonchev–Trinajstić information content (AvgIpc) is 2.78. The first-order valence-corrected chi connectivity index (χ1v) is 11.2. The topological polar surface area (TPSA) is 73.3 Å². The van der Waals surface area contributed by atoms with E-state index in [4.69, 9.17) is 18.9 Å². The van der Waals surface area contributed by atoms with Crippen LogP contribution in [0.25, 0.3) is 0 Å². The smallest absolute Gasteiger partial charge is 0.190 e. The van der Waals surface area contributed by atoms with Crippen LogP contribution in [0.1, 0.15) is 38.2 Å². The van der Waals surface area contributed by atoms with Crippen LogP contribution < -0.4 is 20.1 Å². The Morgan fingerprint density at radius 3 is 2.60 bits per heavy atom. The molecule has 1 aliphatic heterocycles. The largest absolute Gasteiger partial charge is 0.493 e. The van der Waals surface area contributed by atoms with Gasteiger partial charge in [0, 0.05) is 46.6 Å². The zero-order chi connectivity index (χ0) is 21.4. The monoisotopic (exact) mass is 421 g/mol. The van der Waals surface area contributed by atoms with Crippen molar-refractivity contribution in [2.75, 3.05) is 60.3 Å². The summed E-state index contributed by atoms with van der Waals surface area (Å²) in [5.74, 6) is 3.09. The predicted octanol–water partition coefficient (Wildman–Crippen LogP) is 3.02. The van der Waals surface area contributed by atoms with Gasteiger partial charge in [-0.05, 0) is 62.6 Å². The maximum absolute atomic E-state index is 5.80. The lowest BCUT2D eigenvalue weighted by Gasteiger charge is -2.21. The van der Waals surface area contributed by atoms with Gasteiger partial charge in [0.2, 0.25) is 0 Å². The molecular weight excluding hydrogens is 382 g/mol. The third kappa shape index (κ3) is 9.22. The number of nitrogens with zero attached hydrogens (tertiary/aromatic N) is 1. The van der Waals surface area contributed by atoms with Crippen LogP contribution in [0.5, 0.6) is 11.5 Å². The molecule has 0 aliphatic carbocycles. The number of benzene rings is 1. The molecule has 1 saturated heterocycles. The summed E-state index contributed by atoms with van der Waals surface area (Å²) in [5, 5.41) is 6.72. The van der Waals surface area contributed by atoms with Crippen LogP contribution >= 0.6 is 0 Å². The van der Waals surface area contributed by atoms with Crippen molar-refractivity contribution in [3.63, 3.8) is 0 Å². The third-order valence-corrected chi connectivity index (χ3v) is 5.14. The highest BCUT2D eigenvalue weighted by molar-refractivity contribution is 5.79. The van der Waals surface area contributed by atoms with Gasteiger partial charge in [-0.3, -0.25) is 4.99 Å². The number of guanidine groups is 1. The van der Waals surface area contributed by atoms with E-state index in [2.05, 4.69) is 27.8 Å². The first kappa shape index (κ1) is 24.3. The van der Waals surface area contributed by atoms with Crippen molar-refractivity contribution in [3.8, 4) is 11.5 Å². The maximum atomic E-state index is 5.80. The minimum Gasteiger partial charge on any atom is -0.493 e. The minimum absolute atomic E-state index is 0.629. The number of aliphatic imine (C=N–C) groups is 1. The van der Waals surface area contributed by atoms with Crippen LogP contribution in [0.2, 0.25) is 0 Å². The van der Waals surface area contributed by atoms with Crippen LogP contribution in [-0.4, -0.2) is 66.2 Å². The van der Waals surface area contributed by atoms with Gasteiger partial charge in [0.1, 0.15) is 0 Å². The Bertz CT molecular complexity index is 618. The summed E-state index contributed by atoms with van der Waals surface area (Å²) in [6.45, 7) is 7.71. The second-order valence-corrected chi connectivity index (χ2v) is 7.43. The number of ether oxygens (including phenoxy) is 4. The van der Waals surface area contributed by atoms with Crippen molar-refractivity contribution in [1.29, 1.82) is 0 Å².